The van der Waals surface area contributed by atoms with Crippen molar-refractivity contribution in [2.24, 2.45) is 0 Å². The molecule has 3 heterocycles. The summed E-state index contributed by atoms with van der Waals surface area (Å²) in [6.45, 7) is 0. The Labute approximate surface area is 72.8 Å². The Morgan fingerprint density at radius 2 is 2.08 bits per heavy atom. The van der Waals surface area contributed by atoms with Gasteiger partial charge in [0.15, 0.2) is 0 Å². The van der Waals surface area contributed by atoms with Crippen LogP contribution in [-0.2, 0) is 0 Å². The molecule has 0 spiro atoms. The zero-order chi connectivity index (χ0) is 8.67. The number of aromatic amines is 1. The normalized spacial score (nSPS) is 11.1. The fourth-order valence-electron chi connectivity index (χ4n) is 1.35. The molecule has 0 radical (unpaired) electrons. The van der Waals surface area contributed by atoms with Gasteiger partial charge in [-0.3, -0.25) is 9.97 Å². The molecule has 1 N–H and O–H groups in total. The number of hydrogen-bond donors (Lipinski definition) is 1. The zero-order valence-corrected chi connectivity index (χ0v) is 6.60. The second kappa shape index (κ2) is 2.22. The molecule has 0 aliphatic carbocycles. The largest absolute Gasteiger partial charge is 0.262 e. The van der Waals surface area contributed by atoms with Crippen molar-refractivity contribution in [1.29, 1.82) is 0 Å². The van der Waals surface area contributed by atoms with E-state index in [4.69, 9.17) is 0 Å². The number of fused-ring (bicyclic) bond motifs is 3. The summed E-state index contributed by atoms with van der Waals surface area (Å²) < 4.78 is 0. The summed E-state index contributed by atoms with van der Waals surface area (Å²) >= 11 is 0. The molecule has 0 bridgehead atoms. The van der Waals surface area contributed by atoms with Crippen molar-refractivity contribution in [3.63, 3.8) is 0 Å². The van der Waals surface area contributed by atoms with Gasteiger partial charge >= 0.3 is 0 Å². The van der Waals surface area contributed by atoms with Gasteiger partial charge in [0, 0.05) is 11.6 Å². The maximum atomic E-state index is 4.20. The topological polar surface area (TPSA) is 67.3 Å². The number of nitrogens with one attached hydrogen (secondary N) is 1. The fraction of sp³-hybridized carbons (Fsp3) is 0. The maximum Gasteiger partial charge on any atom is 0.131 e. The summed E-state index contributed by atoms with van der Waals surface area (Å²) in [5.74, 6) is 0. The van der Waals surface area contributed by atoms with E-state index in [1.165, 1.54) is 0 Å². The Morgan fingerprint density at radius 3 is 3.08 bits per heavy atom. The Morgan fingerprint density at radius 1 is 1.08 bits per heavy atom. The lowest BCUT2D eigenvalue weighted by Crippen LogP contribution is -1.81. The summed E-state index contributed by atoms with van der Waals surface area (Å²) in [6.07, 6.45) is 5.12. The molecule has 13 heavy (non-hydrogen) atoms. The lowest BCUT2D eigenvalue weighted by Gasteiger charge is -1.93. The highest BCUT2D eigenvalue weighted by atomic mass is 15.3. The highest BCUT2D eigenvalue weighted by Gasteiger charge is 2.03. The molecule has 5 heteroatoms. The van der Waals surface area contributed by atoms with E-state index in [1.54, 1.807) is 18.6 Å². The van der Waals surface area contributed by atoms with E-state index in [0.29, 0.717) is 0 Å². The number of pyridine rings is 2. The summed E-state index contributed by atoms with van der Waals surface area (Å²) in [7, 11) is 0. The van der Waals surface area contributed by atoms with Crippen molar-refractivity contribution in [2.75, 3.05) is 0 Å². The van der Waals surface area contributed by atoms with Gasteiger partial charge in [0.25, 0.3) is 0 Å². The van der Waals surface area contributed by atoms with Crippen LogP contribution in [0.25, 0.3) is 21.9 Å². The minimum absolute atomic E-state index is 0.777. The van der Waals surface area contributed by atoms with Crippen LogP contribution in [0.1, 0.15) is 0 Å². The molecule has 3 aromatic heterocycles. The first kappa shape index (κ1) is 6.47. The number of nitrogens with zero attached hydrogens (tertiary/aromatic N) is 4. The molecule has 0 aliphatic rings. The van der Waals surface area contributed by atoms with Gasteiger partial charge in [-0.1, -0.05) is 0 Å². The molecule has 0 unspecified atom stereocenters. The van der Waals surface area contributed by atoms with Crippen LogP contribution in [0, 0.1) is 0 Å². The standard InChI is InChI=1S/C8H5N5/c1-2-9-3-6-5(1)8-7(4-10-6)11-13-12-8/h1-4H,(H,11,12,13). The smallest absolute Gasteiger partial charge is 0.131 e. The molecule has 0 saturated heterocycles. The quantitative estimate of drug-likeness (QED) is 0.545. The van der Waals surface area contributed by atoms with Gasteiger partial charge in [0.05, 0.1) is 17.9 Å². The van der Waals surface area contributed by atoms with Crippen molar-refractivity contribution < 1.29 is 0 Å². The number of H-pyrrole nitrogens is 1. The first-order chi connectivity index (χ1) is 6.45. The zero-order valence-electron chi connectivity index (χ0n) is 6.60. The highest BCUT2D eigenvalue weighted by Crippen LogP contribution is 2.17. The molecule has 0 atom stereocenters. The van der Waals surface area contributed by atoms with E-state index in [2.05, 4.69) is 25.4 Å². The van der Waals surface area contributed by atoms with Crippen LogP contribution in [-0.4, -0.2) is 25.4 Å². The van der Waals surface area contributed by atoms with E-state index in [9.17, 15) is 0 Å². The first-order valence-corrected chi connectivity index (χ1v) is 3.84. The third kappa shape index (κ3) is 0.807. The van der Waals surface area contributed by atoms with Gasteiger partial charge in [-0.15, -0.1) is 0 Å². The van der Waals surface area contributed by atoms with Crippen molar-refractivity contribution in [2.45, 2.75) is 0 Å². The van der Waals surface area contributed by atoms with E-state index < -0.39 is 0 Å². The van der Waals surface area contributed by atoms with Crippen LogP contribution in [0.2, 0.25) is 0 Å². The third-order valence-corrected chi connectivity index (χ3v) is 1.96. The average molecular weight is 171 g/mol. The molecule has 0 saturated carbocycles. The lowest BCUT2D eigenvalue weighted by molar-refractivity contribution is 0.960. The Hall–Kier alpha value is -2.04. The molecular weight excluding hydrogens is 166 g/mol. The van der Waals surface area contributed by atoms with Crippen LogP contribution in [0.3, 0.4) is 0 Å². The molecule has 3 rings (SSSR count). The predicted molar refractivity (Wildman–Crippen MR) is 47.0 cm³/mol. The molecule has 62 valence electrons. The van der Waals surface area contributed by atoms with E-state index in [-0.39, 0.29) is 0 Å². The van der Waals surface area contributed by atoms with Crippen LogP contribution >= 0.6 is 0 Å². The predicted octanol–water partition coefficient (Wildman–Crippen LogP) is 0.901. The lowest BCUT2D eigenvalue weighted by atomic mass is 10.2. The van der Waals surface area contributed by atoms with Crippen molar-refractivity contribution >= 4 is 21.9 Å². The molecule has 0 aliphatic heterocycles. The van der Waals surface area contributed by atoms with Gasteiger partial charge in [-0.2, -0.15) is 15.4 Å². The second-order valence-electron chi connectivity index (χ2n) is 2.71. The van der Waals surface area contributed by atoms with Gasteiger partial charge in [0.2, 0.25) is 0 Å². The van der Waals surface area contributed by atoms with Crippen molar-refractivity contribution in [3.05, 3.63) is 24.7 Å². The minimum atomic E-state index is 0.777. The monoisotopic (exact) mass is 171 g/mol. The fourth-order valence-corrected chi connectivity index (χ4v) is 1.35. The van der Waals surface area contributed by atoms with Crippen molar-refractivity contribution in [3.8, 4) is 0 Å². The number of rotatable bonds is 0. The first-order valence-electron chi connectivity index (χ1n) is 3.84. The minimum Gasteiger partial charge on any atom is -0.262 e. The molecule has 0 fully saturated rings. The van der Waals surface area contributed by atoms with Crippen LogP contribution in [0.15, 0.2) is 24.7 Å². The Bertz CT molecular complexity index is 571. The third-order valence-electron chi connectivity index (χ3n) is 1.96. The molecule has 5 nitrogen and oxygen atoms in total. The molecule has 0 aromatic carbocycles. The SMILES string of the molecule is c1cc2c(cn1)ncc1n[nH]nc12. The van der Waals surface area contributed by atoms with E-state index >= 15 is 0 Å². The van der Waals surface area contributed by atoms with Crippen LogP contribution in [0.4, 0.5) is 0 Å². The summed E-state index contributed by atoms with van der Waals surface area (Å²) in [6, 6.07) is 1.88. The Kier molecular flexibility index (Phi) is 1.11. The molecular formula is C8H5N5. The molecule has 0 amide bonds. The molecule has 3 aromatic rings. The number of aromatic nitrogens is 5. The van der Waals surface area contributed by atoms with Gasteiger partial charge in [0.1, 0.15) is 11.0 Å². The van der Waals surface area contributed by atoms with Crippen LogP contribution in [0.5, 0.6) is 0 Å². The van der Waals surface area contributed by atoms with E-state index in [0.717, 1.165) is 21.9 Å². The Balaban J connectivity index is 2.65. The van der Waals surface area contributed by atoms with Crippen molar-refractivity contribution in [1.82, 2.24) is 25.4 Å². The average Bonchev–Trinajstić information content (AvgIpc) is 2.65. The van der Waals surface area contributed by atoms with Gasteiger partial charge in [-0.25, -0.2) is 0 Å². The summed E-state index contributed by atoms with van der Waals surface area (Å²) in [5, 5.41) is 11.5. The van der Waals surface area contributed by atoms with Gasteiger partial charge < -0.3 is 0 Å². The van der Waals surface area contributed by atoms with Crippen LogP contribution < -0.4 is 0 Å². The van der Waals surface area contributed by atoms with E-state index in [1.807, 2.05) is 6.07 Å². The number of hydrogen-bond acceptors (Lipinski definition) is 4. The summed E-state index contributed by atoms with van der Waals surface area (Å²) in [4.78, 5) is 8.18. The second-order valence-corrected chi connectivity index (χ2v) is 2.71. The maximum absolute atomic E-state index is 4.20. The highest BCUT2D eigenvalue weighted by molar-refractivity contribution is 6.00. The van der Waals surface area contributed by atoms with Gasteiger partial charge in [-0.05, 0) is 6.07 Å². The summed E-state index contributed by atoms with van der Waals surface area (Å²) in [5.41, 5.74) is 2.45.